The second-order valence-electron chi connectivity index (χ2n) is 5.36. The van der Waals surface area contributed by atoms with Gasteiger partial charge in [-0.2, -0.15) is 0 Å². The summed E-state index contributed by atoms with van der Waals surface area (Å²) in [7, 11) is 2.04. The zero-order valence-corrected chi connectivity index (χ0v) is 12.9. The molecule has 0 aliphatic heterocycles. The summed E-state index contributed by atoms with van der Waals surface area (Å²) >= 11 is 12.1. The fourth-order valence-electron chi connectivity index (χ4n) is 3.15. The summed E-state index contributed by atoms with van der Waals surface area (Å²) in [6.07, 6.45) is 2.08. The van der Waals surface area contributed by atoms with E-state index in [4.69, 9.17) is 23.2 Å². The Morgan fingerprint density at radius 3 is 2.65 bits per heavy atom. The number of fused-ring (bicyclic) bond motifs is 1. The quantitative estimate of drug-likeness (QED) is 0.882. The van der Waals surface area contributed by atoms with Crippen molar-refractivity contribution in [3.8, 4) is 0 Å². The summed E-state index contributed by atoms with van der Waals surface area (Å²) in [5.41, 5.74) is 4.15. The molecule has 0 fully saturated rings. The molecule has 1 nitrogen and oxygen atoms in total. The third kappa shape index (κ3) is 2.58. The standard InChI is InChI=1S/C17H17Cl2N/c1-20-17-10-12-4-2-3-5-13(12)14(17)8-11-6-7-15(18)16(19)9-11/h2-7,9,14,17,20H,8,10H2,1H3. The van der Waals surface area contributed by atoms with Gasteiger partial charge < -0.3 is 5.32 Å². The SMILES string of the molecule is CNC1Cc2ccccc2C1Cc1ccc(Cl)c(Cl)c1. The van der Waals surface area contributed by atoms with Gasteiger partial charge in [0.05, 0.1) is 10.0 Å². The minimum absolute atomic E-state index is 0.488. The lowest BCUT2D eigenvalue weighted by molar-refractivity contribution is 0.492. The summed E-state index contributed by atoms with van der Waals surface area (Å²) in [6, 6.07) is 15.1. The molecule has 3 heteroatoms. The minimum atomic E-state index is 0.488. The van der Waals surface area contributed by atoms with E-state index in [1.54, 1.807) is 0 Å². The van der Waals surface area contributed by atoms with Crippen molar-refractivity contribution in [2.45, 2.75) is 24.8 Å². The Hall–Kier alpha value is -1.02. The van der Waals surface area contributed by atoms with Crippen LogP contribution in [0.4, 0.5) is 0 Å². The van der Waals surface area contributed by atoms with Gasteiger partial charge in [-0.15, -0.1) is 0 Å². The van der Waals surface area contributed by atoms with Gasteiger partial charge in [0, 0.05) is 12.0 Å². The summed E-state index contributed by atoms with van der Waals surface area (Å²) in [4.78, 5) is 0. The van der Waals surface area contributed by atoms with Gasteiger partial charge in [-0.1, -0.05) is 53.5 Å². The van der Waals surface area contributed by atoms with Crippen molar-refractivity contribution in [1.82, 2.24) is 5.32 Å². The first-order valence-corrected chi connectivity index (χ1v) is 7.63. The summed E-state index contributed by atoms with van der Waals surface area (Å²) < 4.78 is 0. The molecule has 3 rings (SSSR count). The van der Waals surface area contributed by atoms with Crippen molar-refractivity contribution in [3.63, 3.8) is 0 Å². The van der Waals surface area contributed by atoms with Gasteiger partial charge in [0.1, 0.15) is 0 Å². The maximum absolute atomic E-state index is 6.12. The molecular weight excluding hydrogens is 289 g/mol. The van der Waals surface area contributed by atoms with E-state index in [2.05, 4.69) is 35.6 Å². The smallest absolute Gasteiger partial charge is 0.0595 e. The van der Waals surface area contributed by atoms with Crippen LogP contribution >= 0.6 is 23.2 Å². The van der Waals surface area contributed by atoms with Crippen LogP contribution < -0.4 is 5.32 Å². The summed E-state index contributed by atoms with van der Waals surface area (Å²) in [5, 5.41) is 4.70. The lowest BCUT2D eigenvalue weighted by atomic mass is 9.91. The van der Waals surface area contributed by atoms with Gasteiger partial charge in [-0.25, -0.2) is 0 Å². The van der Waals surface area contributed by atoms with Gasteiger partial charge >= 0.3 is 0 Å². The molecule has 0 radical (unpaired) electrons. The van der Waals surface area contributed by atoms with Crippen molar-refractivity contribution in [1.29, 1.82) is 0 Å². The molecule has 0 saturated carbocycles. The van der Waals surface area contributed by atoms with E-state index in [0.29, 0.717) is 22.0 Å². The molecule has 1 aliphatic rings. The Kier molecular flexibility index (Phi) is 4.02. The highest BCUT2D eigenvalue weighted by Crippen LogP contribution is 2.36. The van der Waals surface area contributed by atoms with Crippen LogP contribution in [0.1, 0.15) is 22.6 Å². The number of nitrogens with one attached hydrogen (secondary N) is 1. The molecule has 0 saturated heterocycles. The molecule has 0 heterocycles. The van der Waals surface area contributed by atoms with Gasteiger partial charge in [0.15, 0.2) is 0 Å². The zero-order chi connectivity index (χ0) is 14.1. The zero-order valence-electron chi connectivity index (χ0n) is 11.4. The monoisotopic (exact) mass is 305 g/mol. The predicted molar refractivity (Wildman–Crippen MR) is 85.9 cm³/mol. The Morgan fingerprint density at radius 2 is 1.90 bits per heavy atom. The summed E-state index contributed by atoms with van der Waals surface area (Å²) in [6.45, 7) is 0. The number of likely N-dealkylation sites (N-methyl/N-ethyl adjacent to an activating group) is 1. The van der Waals surface area contributed by atoms with E-state index in [0.717, 1.165) is 12.8 Å². The van der Waals surface area contributed by atoms with Crippen LogP contribution in [0.3, 0.4) is 0 Å². The summed E-state index contributed by atoms with van der Waals surface area (Å²) in [5.74, 6) is 0.494. The first kappa shape index (κ1) is 13.9. The Labute approximate surface area is 129 Å². The van der Waals surface area contributed by atoms with Crippen molar-refractivity contribution < 1.29 is 0 Å². The van der Waals surface area contributed by atoms with Crippen molar-refractivity contribution in [2.24, 2.45) is 0 Å². The molecule has 104 valence electrons. The van der Waals surface area contributed by atoms with E-state index in [1.807, 2.05) is 19.2 Å². The predicted octanol–water partition coefficient (Wildman–Crippen LogP) is 4.46. The Morgan fingerprint density at radius 1 is 1.10 bits per heavy atom. The largest absolute Gasteiger partial charge is 0.316 e. The Balaban J connectivity index is 1.90. The molecule has 0 aromatic heterocycles. The van der Waals surface area contributed by atoms with Crippen LogP contribution in [0.5, 0.6) is 0 Å². The van der Waals surface area contributed by atoms with Crippen LogP contribution in [0.25, 0.3) is 0 Å². The lowest BCUT2D eigenvalue weighted by Crippen LogP contribution is -2.30. The third-order valence-corrected chi connectivity index (χ3v) is 4.93. The van der Waals surface area contributed by atoms with Gasteiger partial charge in [0.25, 0.3) is 0 Å². The van der Waals surface area contributed by atoms with E-state index in [9.17, 15) is 0 Å². The topological polar surface area (TPSA) is 12.0 Å². The van der Waals surface area contributed by atoms with E-state index in [1.165, 1.54) is 16.7 Å². The highest BCUT2D eigenvalue weighted by atomic mass is 35.5. The van der Waals surface area contributed by atoms with Crippen LogP contribution in [-0.2, 0) is 12.8 Å². The van der Waals surface area contributed by atoms with Crippen LogP contribution in [0.15, 0.2) is 42.5 Å². The average Bonchev–Trinajstić information content (AvgIpc) is 2.81. The molecular formula is C17H17Cl2N. The van der Waals surface area contributed by atoms with Gasteiger partial charge in [0.2, 0.25) is 0 Å². The molecule has 2 aromatic rings. The van der Waals surface area contributed by atoms with E-state index < -0.39 is 0 Å². The number of hydrogen-bond donors (Lipinski definition) is 1. The number of halogens is 2. The molecule has 2 unspecified atom stereocenters. The molecule has 0 amide bonds. The van der Waals surface area contributed by atoms with Gasteiger partial charge in [-0.05, 0) is 48.7 Å². The molecule has 2 atom stereocenters. The molecule has 20 heavy (non-hydrogen) atoms. The fourth-order valence-corrected chi connectivity index (χ4v) is 3.47. The molecule has 0 bridgehead atoms. The van der Waals surface area contributed by atoms with Crippen LogP contribution in [0, 0.1) is 0 Å². The molecule has 1 N–H and O–H groups in total. The molecule has 0 spiro atoms. The maximum atomic E-state index is 6.12. The van der Waals surface area contributed by atoms with Crippen molar-refractivity contribution in [2.75, 3.05) is 7.05 Å². The second kappa shape index (κ2) is 5.77. The number of benzene rings is 2. The molecule has 1 aliphatic carbocycles. The maximum Gasteiger partial charge on any atom is 0.0595 e. The minimum Gasteiger partial charge on any atom is -0.316 e. The van der Waals surface area contributed by atoms with E-state index >= 15 is 0 Å². The van der Waals surface area contributed by atoms with Crippen LogP contribution in [-0.4, -0.2) is 13.1 Å². The third-order valence-electron chi connectivity index (χ3n) is 4.19. The normalized spacial score (nSPS) is 20.9. The van der Waals surface area contributed by atoms with E-state index in [-0.39, 0.29) is 0 Å². The lowest BCUT2D eigenvalue weighted by Gasteiger charge is -2.20. The first-order valence-electron chi connectivity index (χ1n) is 6.88. The van der Waals surface area contributed by atoms with Crippen molar-refractivity contribution >= 4 is 23.2 Å². The number of rotatable bonds is 3. The highest BCUT2D eigenvalue weighted by molar-refractivity contribution is 6.42. The van der Waals surface area contributed by atoms with Gasteiger partial charge in [-0.3, -0.25) is 0 Å². The highest BCUT2D eigenvalue weighted by Gasteiger charge is 2.31. The fraction of sp³-hybridized carbons (Fsp3) is 0.294. The van der Waals surface area contributed by atoms with Crippen molar-refractivity contribution in [3.05, 3.63) is 69.2 Å². The second-order valence-corrected chi connectivity index (χ2v) is 6.17. The Bertz CT molecular complexity index is 624. The number of hydrogen-bond acceptors (Lipinski definition) is 1. The first-order chi connectivity index (χ1) is 9.69. The average molecular weight is 306 g/mol. The molecule has 2 aromatic carbocycles. The van der Waals surface area contributed by atoms with Crippen LogP contribution in [0.2, 0.25) is 10.0 Å².